The van der Waals surface area contributed by atoms with Gasteiger partial charge in [-0.1, -0.05) is 6.07 Å². The minimum absolute atomic E-state index is 0.0356. The van der Waals surface area contributed by atoms with Crippen molar-refractivity contribution in [1.29, 1.82) is 0 Å². The number of rotatable bonds is 6. The molecule has 1 aromatic carbocycles. The number of nitrogens with two attached hydrogens (primary N) is 1. The Hall–Kier alpha value is -1.83. The highest BCUT2D eigenvalue weighted by atomic mass is 16.6. The molecule has 4 N–H and O–H groups in total. The number of nitrogens with zero attached hydrogens (tertiary/aromatic N) is 1. The van der Waals surface area contributed by atoms with Gasteiger partial charge in [0, 0.05) is 11.6 Å². The van der Waals surface area contributed by atoms with Crippen LogP contribution in [-0.2, 0) is 0 Å². The van der Waals surface area contributed by atoms with Gasteiger partial charge in [-0.2, -0.15) is 0 Å². The number of benzene rings is 1. The molecule has 0 aliphatic heterocycles. The van der Waals surface area contributed by atoms with Crippen molar-refractivity contribution in [3.8, 4) is 0 Å². The second-order valence-corrected chi connectivity index (χ2v) is 3.78. The van der Waals surface area contributed by atoms with Crippen LogP contribution in [0.5, 0.6) is 0 Å². The van der Waals surface area contributed by atoms with Crippen molar-refractivity contribution < 1.29 is 19.9 Å². The summed E-state index contributed by atoms with van der Waals surface area (Å²) in [5.41, 5.74) is 4.93. The number of carbonyl (C=O) groups is 1. The number of nitro groups is 1. The fourth-order valence-corrected chi connectivity index (χ4v) is 1.58. The fourth-order valence-electron chi connectivity index (χ4n) is 1.58. The molecule has 0 heterocycles. The third-order valence-electron chi connectivity index (χ3n) is 2.53. The molecule has 0 aliphatic rings. The van der Waals surface area contributed by atoms with Crippen molar-refractivity contribution >= 4 is 12.0 Å². The summed E-state index contributed by atoms with van der Waals surface area (Å²) >= 11 is 0. The third kappa shape index (κ3) is 3.10. The Balaban J connectivity index is 3.14. The molecule has 2 atom stereocenters. The molecule has 0 bridgehead atoms. The molecule has 0 aliphatic carbocycles. The topological polar surface area (TPSA) is 127 Å². The first kappa shape index (κ1) is 14.2. The lowest BCUT2D eigenvalue weighted by Gasteiger charge is -2.17. The second kappa shape index (κ2) is 6.20. The van der Waals surface area contributed by atoms with E-state index >= 15 is 0 Å². The summed E-state index contributed by atoms with van der Waals surface area (Å²) in [4.78, 5) is 20.7. The molecule has 0 saturated heterocycles. The maximum Gasteiger partial charge on any atom is 0.276 e. The zero-order valence-electron chi connectivity index (χ0n) is 9.52. The number of hydrogen-bond donors (Lipinski definition) is 3. The average molecular weight is 254 g/mol. The van der Waals surface area contributed by atoms with Crippen LogP contribution in [0, 0.1) is 10.1 Å². The van der Waals surface area contributed by atoms with Crippen LogP contribution in [0.25, 0.3) is 0 Å². The zero-order chi connectivity index (χ0) is 13.7. The van der Waals surface area contributed by atoms with E-state index in [-0.39, 0.29) is 24.1 Å². The van der Waals surface area contributed by atoms with E-state index in [9.17, 15) is 25.1 Å². The van der Waals surface area contributed by atoms with E-state index in [0.29, 0.717) is 6.29 Å². The summed E-state index contributed by atoms with van der Waals surface area (Å²) in [5, 5.41) is 30.2. The molecule has 2 unspecified atom stereocenters. The largest absolute Gasteiger partial charge is 0.390 e. The van der Waals surface area contributed by atoms with Crippen LogP contribution in [0.15, 0.2) is 18.2 Å². The van der Waals surface area contributed by atoms with Gasteiger partial charge in [-0.3, -0.25) is 14.9 Å². The van der Waals surface area contributed by atoms with E-state index in [1.807, 2.05) is 0 Å². The maximum atomic E-state index is 10.8. The van der Waals surface area contributed by atoms with Gasteiger partial charge in [0.05, 0.1) is 16.6 Å². The summed E-state index contributed by atoms with van der Waals surface area (Å²) in [6, 6.07) is 3.65. The molecule has 18 heavy (non-hydrogen) atoms. The summed E-state index contributed by atoms with van der Waals surface area (Å²) < 4.78 is 0. The minimum atomic E-state index is -1.41. The summed E-state index contributed by atoms with van der Waals surface area (Å²) in [6.45, 7) is 0.151. The Morgan fingerprint density at radius 3 is 2.61 bits per heavy atom. The predicted octanol–water partition coefficient (Wildman–Crippen LogP) is 0.150. The van der Waals surface area contributed by atoms with Crippen molar-refractivity contribution in [2.75, 3.05) is 6.54 Å². The van der Waals surface area contributed by atoms with Gasteiger partial charge < -0.3 is 15.9 Å². The monoisotopic (exact) mass is 254 g/mol. The number of aliphatic hydroxyl groups is 2. The first-order valence-electron chi connectivity index (χ1n) is 5.31. The first-order valence-corrected chi connectivity index (χ1v) is 5.31. The van der Waals surface area contributed by atoms with Gasteiger partial charge in [-0.05, 0) is 19.0 Å². The average Bonchev–Trinajstić information content (AvgIpc) is 2.37. The summed E-state index contributed by atoms with van der Waals surface area (Å²) in [7, 11) is 0. The molecule has 0 amide bonds. The molecule has 0 radical (unpaired) electrons. The summed E-state index contributed by atoms with van der Waals surface area (Å²) in [5.74, 6) is 0. The molecule has 7 nitrogen and oxygen atoms in total. The highest BCUT2D eigenvalue weighted by molar-refractivity contribution is 5.76. The standard InChI is InChI=1S/C11H14N2O5/c12-4-3-10(15)11(16)8-2-1-7(6-14)5-9(8)13(17)18/h1-2,5-6,10-11,15-16H,3-4,12H2. The smallest absolute Gasteiger partial charge is 0.276 e. The SMILES string of the molecule is NCCC(O)C(O)c1ccc(C=O)cc1[N+](=O)[O-]. The van der Waals surface area contributed by atoms with Crippen LogP contribution in [0.1, 0.15) is 28.4 Å². The van der Waals surface area contributed by atoms with Crippen LogP contribution in [-0.4, -0.2) is 34.1 Å². The number of hydrogen-bond acceptors (Lipinski definition) is 6. The highest BCUT2D eigenvalue weighted by Crippen LogP contribution is 2.28. The molecule has 0 spiro atoms. The lowest BCUT2D eigenvalue weighted by Crippen LogP contribution is -2.22. The van der Waals surface area contributed by atoms with Gasteiger partial charge in [0.25, 0.3) is 5.69 Å². The summed E-state index contributed by atoms with van der Waals surface area (Å²) in [6.07, 6.45) is -2.00. The van der Waals surface area contributed by atoms with Crippen LogP contribution in [0.3, 0.4) is 0 Å². The first-order chi connectivity index (χ1) is 8.51. The Morgan fingerprint density at radius 2 is 2.11 bits per heavy atom. The minimum Gasteiger partial charge on any atom is -0.390 e. The van der Waals surface area contributed by atoms with Gasteiger partial charge >= 0.3 is 0 Å². The second-order valence-electron chi connectivity index (χ2n) is 3.78. The van der Waals surface area contributed by atoms with Crippen molar-refractivity contribution in [3.05, 3.63) is 39.4 Å². The molecule has 0 aromatic heterocycles. The number of aldehydes is 1. The van der Waals surface area contributed by atoms with Gasteiger partial charge in [0.2, 0.25) is 0 Å². The van der Waals surface area contributed by atoms with Crippen LogP contribution in [0.4, 0.5) is 5.69 Å². The number of carbonyl (C=O) groups excluding carboxylic acids is 1. The quantitative estimate of drug-likeness (QED) is 0.377. The van der Waals surface area contributed by atoms with Crippen molar-refractivity contribution in [1.82, 2.24) is 0 Å². The Kier molecular flexibility index (Phi) is 4.90. The van der Waals surface area contributed by atoms with Crippen LogP contribution in [0.2, 0.25) is 0 Å². The van der Waals surface area contributed by atoms with Gasteiger partial charge in [-0.25, -0.2) is 0 Å². The van der Waals surface area contributed by atoms with Gasteiger partial charge in [-0.15, -0.1) is 0 Å². The van der Waals surface area contributed by atoms with Gasteiger partial charge in [0.1, 0.15) is 12.4 Å². The van der Waals surface area contributed by atoms with E-state index in [4.69, 9.17) is 5.73 Å². The maximum absolute atomic E-state index is 10.8. The number of nitro benzene ring substituents is 1. The van der Waals surface area contributed by atoms with Crippen molar-refractivity contribution in [3.63, 3.8) is 0 Å². The van der Waals surface area contributed by atoms with Crippen LogP contribution < -0.4 is 5.73 Å². The normalized spacial score (nSPS) is 13.9. The van der Waals surface area contributed by atoms with E-state index in [0.717, 1.165) is 6.07 Å². The third-order valence-corrected chi connectivity index (χ3v) is 2.53. The molecule has 98 valence electrons. The Labute approximate surface area is 103 Å². The number of aliphatic hydroxyl groups excluding tert-OH is 2. The molecule has 1 aromatic rings. The fraction of sp³-hybridized carbons (Fsp3) is 0.364. The highest BCUT2D eigenvalue weighted by Gasteiger charge is 2.26. The molecule has 1 rings (SSSR count). The van der Waals surface area contributed by atoms with E-state index in [1.54, 1.807) is 0 Å². The molecular formula is C11H14N2O5. The van der Waals surface area contributed by atoms with Gasteiger partial charge in [0.15, 0.2) is 0 Å². The molecular weight excluding hydrogens is 240 g/mol. The molecule has 0 saturated carbocycles. The van der Waals surface area contributed by atoms with Crippen LogP contribution >= 0.6 is 0 Å². The van der Waals surface area contributed by atoms with Crippen molar-refractivity contribution in [2.24, 2.45) is 5.73 Å². The van der Waals surface area contributed by atoms with E-state index in [2.05, 4.69) is 0 Å². The Bertz CT molecular complexity index is 449. The molecule has 7 heteroatoms. The Morgan fingerprint density at radius 1 is 1.44 bits per heavy atom. The predicted molar refractivity (Wildman–Crippen MR) is 63.1 cm³/mol. The van der Waals surface area contributed by atoms with Crippen molar-refractivity contribution in [2.45, 2.75) is 18.6 Å². The lowest BCUT2D eigenvalue weighted by atomic mass is 9.99. The molecule has 0 fully saturated rings. The van der Waals surface area contributed by atoms with E-state index < -0.39 is 22.8 Å². The lowest BCUT2D eigenvalue weighted by molar-refractivity contribution is -0.386. The zero-order valence-corrected chi connectivity index (χ0v) is 9.52. The van der Waals surface area contributed by atoms with E-state index in [1.165, 1.54) is 12.1 Å².